The summed E-state index contributed by atoms with van der Waals surface area (Å²) in [5, 5.41) is 0. The van der Waals surface area contributed by atoms with Gasteiger partial charge in [0.25, 0.3) is 5.91 Å². The summed E-state index contributed by atoms with van der Waals surface area (Å²) in [6.07, 6.45) is 6.33. The Morgan fingerprint density at radius 2 is 1.83 bits per heavy atom. The van der Waals surface area contributed by atoms with Crippen LogP contribution in [0.2, 0.25) is 0 Å². The molecule has 5 nitrogen and oxygen atoms in total. The van der Waals surface area contributed by atoms with Gasteiger partial charge in [0.05, 0.1) is 7.11 Å². The van der Waals surface area contributed by atoms with Crippen molar-refractivity contribution < 1.29 is 9.53 Å². The average molecular weight is 392 g/mol. The van der Waals surface area contributed by atoms with E-state index < -0.39 is 0 Å². The molecule has 0 radical (unpaired) electrons. The number of ether oxygens (including phenoxy) is 1. The second kappa shape index (κ2) is 7.79. The zero-order valence-corrected chi connectivity index (χ0v) is 17.2. The minimum Gasteiger partial charge on any atom is -0.480 e. The number of pyridine rings is 1. The van der Waals surface area contributed by atoms with Crippen molar-refractivity contribution in [2.24, 2.45) is 0 Å². The van der Waals surface area contributed by atoms with Gasteiger partial charge in [-0.25, -0.2) is 4.98 Å². The summed E-state index contributed by atoms with van der Waals surface area (Å²) in [6, 6.07) is 11.4. The molecule has 0 atom stereocenters. The van der Waals surface area contributed by atoms with Crippen LogP contribution >= 0.6 is 0 Å². The third kappa shape index (κ3) is 3.52. The first-order chi connectivity index (χ1) is 14.2. The topological polar surface area (TPSA) is 45.7 Å². The Hall–Kier alpha value is -2.40. The number of amides is 1. The molecule has 1 aromatic heterocycles. The zero-order valence-electron chi connectivity index (χ0n) is 17.2. The summed E-state index contributed by atoms with van der Waals surface area (Å²) in [7, 11) is 1.61. The molecular weight excluding hydrogens is 362 g/mol. The van der Waals surface area contributed by atoms with Gasteiger partial charge in [-0.05, 0) is 61.3 Å². The maximum atomic E-state index is 13.2. The molecule has 1 saturated heterocycles. The smallest absolute Gasteiger partial charge is 0.259 e. The fourth-order valence-corrected chi connectivity index (χ4v) is 5.20. The van der Waals surface area contributed by atoms with Crippen LogP contribution in [0.3, 0.4) is 0 Å². The van der Waals surface area contributed by atoms with Crippen molar-refractivity contribution in [3.63, 3.8) is 0 Å². The highest BCUT2D eigenvalue weighted by Gasteiger charge is 2.31. The predicted octanol–water partition coefficient (Wildman–Crippen LogP) is 3.24. The summed E-state index contributed by atoms with van der Waals surface area (Å²) in [6.45, 7) is 3.78. The van der Waals surface area contributed by atoms with Gasteiger partial charge in [-0.3, -0.25) is 9.69 Å². The van der Waals surface area contributed by atoms with Gasteiger partial charge < -0.3 is 9.64 Å². The number of carbonyl (C=O) groups excluding carboxylic acids is 1. The van der Waals surface area contributed by atoms with Gasteiger partial charge >= 0.3 is 0 Å². The van der Waals surface area contributed by atoms with Crippen LogP contribution in [0.1, 0.15) is 52.0 Å². The van der Waals surface area contributed by atoms with E-state index in [1.165, 1.54) is 16.7 Å². The molecule has 1 fully saturated rings. The van der Waals surface area contributed by atoms with E-state index >= 15 is 0 Å². The second-order valence-corrected chi connectivity index (χ2v) is 8.52. The Kier molecular flexibility index (Phi) is 5.00. The van der Waals surface area contributed by atoms with Crippen molar-refractivity contribution >= 4 is 5.91 Å². The molecule has 1 aliphatic carbocycles. The molecule has 2 aliphatic heterocycles. The molecule has 29 heavy (non-hydrogen) atoms. The Balaban J connectivity index is 1.25. The molecule has 3 aliphatic rings. The van der Waals surface area contributed by atoms with E-state index in [1.54, 1.807) is 7.11 Å². The van der Waals surface area contributed by atoms with Crippen molar-refractivity contribution in [2.75, 3.05) is 26.7 Å². The van der Waals surface area contributed by atoms with Crippen molar-refractivity contribution in [1.29, 1.82) is 0 Å². The predicted molar refractivity (Wildman–Crippen MR) is 112 cm³/mol. The lowest BCUT2D eigenvalue weighted by Crippen LogP contribution is -2.48. The highest BCUT2D eigenvalue weighted by atomic mass is 16.5. The van der Waals surface area contributed by atoms with Gasteiger partial charge in [-0.2, -0.15) is 0 Å². The van der Waals surface area contributed by atoms with E-state index in [-0.39, 0.29) is 5.91 Å². The first-order valence-corrected chi connectivity index (χ1v) is 10.9. The minimum absolute atomic E-state index is 0.0755. The number of nitrogens with zero attached hydrogens (tertiary/aromatic N) is 3. The van der Waals surface area contributed by atoms with E-state index in [1.807, 2.05) is 11.0 Å². The molecule has 5 rings (SSSR count). The highest BCUT2D eigenvalue weighted by Crippen LogP contribution is 2.29. The summed E-state index contributed by atoms with van der Waals surface area (Å²) < 4.78 is 5.47. The normalized spacial score (nSPS) is 19.7. The summed E-state index contributed by atoms with van der Waals surface area (Å²) in [5.41, 5.74) is 5.91. The van der Waals surface area contributed by atoms with Crippen LogP contribution in [0.5, 0.6) is 5.88 Å². The number of hydrogen-bond acceptors (Lipinski definition) is 4. The average Bonchev–Trinajstić information content (AvgIpc) is 3.25. The van der Waals surface area contributed by atoms with Crippen LogP contribution in [-0.2, 0) is 25.8 Å². The fraction of sp³-hybridized carbons (Fsp3) is 0.500. The molecule has 0 bridgehead atoms. The standard InChI is InChI=1S/C24H29N3O2/c1-29-23-21(15-18-7-4-8-22(18)25-23)24(28)26-13-10-20(11-14-26)27-12-9-17-5-2-3-6-19(17)16-27/h2-3,5-6,15,20H,4,7-14,16H2,1H3. The van der Waals surface area contributed by atoms with Crippen LogP contribution in [0, 0.1) is 0 Å². The summed E-state index contributed by atoms with van der Waals surface area (Å²) in [5.74, 6) is 0.567. The Morgan fingerprint density at radius 3 is 2.62 bits per heavy atom. The first-order valence-electron chi connectivity index (χ1n) is 10.9. The van der Waals surface area contributed by atoms with Crippen molar-refractivity contribution in [1.82, 2.24) is 14.8 Å². The van der Waals surface area contributed by atoms with Crippen LogP contribution in [0.25, 0.3) is 0 Å². The number of piperidine rings is 1. The van der Waals surface area contributed by atoms with Gasteiger partial charge in [-0.1, -0.05) is 24.3 Å². The molecular formula is C24H29N3O2. The van der Waals surface area contributed by atoms with Gasteiger partial charge in [0, 0.05) is 37.9 Å². The SMILES string of the molecule is COc1nc2c(cc1C(=O)N1CCC(N3CCc4ccccc4C3)CC1)CCC2. The number of carbonyl (C=O) groups is 1. The van der Waals surface area contributed by atoms with Gasteiger partial charge in [0.15, 0.2) is 0 Å². The molecule has 0 unspecified atom stereocenters. The summed E-state index contributed by atoms with van der Waals surface area (Å²) in [4.78, 5) is 22.4. The van der Waals surface area contributed by atoms with E-state index in [4.69, 9.17) is 4.74 Å². The van der Waals surface area contributed by atoms with Crippen molar-refractivity contribution in [2.45, 2.75) is 51.1 Å². The number of fused-ring (bicyclic) bond motifs is 2. The molecule has 1 amide bonds. The first kappa shape index (κ1) is 18.6. The van der Waals surface area contributed by atoms with Crippen LogP contribution < -0.4 is 4.74 Å². The highest BCUT2D eigenvalue weighted by molar-refractivity contribution is 5.96. The zero-order chi connectivity index (χ0) is 19.8. The molecule has 0 N–H and O–H groups in total. The quantitative estimate of drug-likeness (QED) is 0.806. The van der Waals surface area contributed by atoms with Gasteiger partial charge in [0.1, 0.15) is 5.56 Å². The lowest BCUT2D eigenvalue weighted by Gasteiger charge is -2.40. The van der Waals surface area contributed by atoms with E-state index in [0.29, 0.717) is 17.5 Å². The number of aromatic nitrogens is 1. The molecule has 2 aromatic rings. The molecule has 3 heterocycles. The van der Waals surface area contributed by atoms with Crippen LogP contribution in [0.15, 0.2) is 30.3 Å². The number of aryl methyl sites for hydroxylation is 2. The molecule has 152 valence electrons. The van der Waals surface area contributed by atoms with Gasteiger partial charge in [-0.15, -0.1) is 0 Å². The second-order valence-electron chi connectivity index (χ2n) is 8.52. The Labute approximate surface area is 172 Å². The third-order valence-electron chi connectivity index (χ3n) is 6.87. The minimum atomic E-state index is 0.0755. The lowest BCUT2D eigenvalue weighted by atomic mass is 9.95. The number of hydrogen-bond donors (Lipinski definition) is 0. The van der Waals surface area contributed by atoms with E-state index in [9.17, 15) is 4.79 Å². The monoisotopic (exact) mass is 391 g/mol. The fourth-order valence-electron chi connectivity index (χ4n) is 5.20. The van der Waals surface area contributed by atoms with E-state index in [0.717, 1.165) is 70.4 Å². The van der Waals surface area contributed by atoms with Crippen molar-refractivity contribution in [3.05, 3.63) is 58.3 Å². The van der Waals surface area contributed by atoms with E-state index in [2.05, 4.69) is 34.1 Å². The molecule has 0 saturated carbocycles. The summed E-state index contributed by atoms with van der Waals surface area (Å²) >= 11 is 0. The maximum absolute atomic E-state index is 13.2. The Bertz CT molecular complexity index is 918. The number of benzene rings is 1. The third-order valence-corrected chi connectivity index (χ3v) is 6.87. The molecule has 5 heteroatoms. The van der Waals surface area contributed by atoms with Crippen LogP contribution in [-0.4, -0.2) is 53.5 Å². The lowest BCUT2D eigenvalue weighted by molar-refractivity contribution is 0.0595. The number of methoxy groups -OCH3 is 1. The molecule has 1 aromatic carbocycles. The maximum Gasteiger partial charge on any atom is 0.259 e. The van der Waals surface area contributed by atoms with Gasteiger partial charge in [0.2, 0.25) is 5.88 Å². The molecule has 0 spiro atoms. The largest absolute Gasteiger partial charge is 0.480 e. The number of likely N-dealkylation sites (tertiary alicyclic amines) is 1. The van der Waals surface area contributed by atoms with Crippen LogP contribution in [0.4, 0.5) is 0 Å². The Morgan fingerprint density at radius 1 is 1.03 bits per heavy atom. The number of rotatable bonds is 3. The van der Waals surface area contributed by atoms with Crippen molar-refractivity contribution in [3.8, 4) is 5.88 Å².